The van der Waals surface area contributed by atoms with E-state index in [4.69, 9.17) is 10.8 Å². The summed E-state index contributed by atoms with van der Waals surface area (Å²) in [6.07, 6.45) is -0.0249. The van der Waals surface area contributed by atoms with Gasteiger partial charge in [0.15, 0.2) is 11.6 Å². The van der Waals surface area contributed by atoms with E-state index in [1.807, 2.05) is 0 Å². The zero-order valence-electron chi connectivity index (χ0n) is 9.31. The van der Waals surface area contributed by atoms with Crippen molar-refractivity contribution >= 4 is 5.97 Å². The molecule has 0 aliphatic rings. The van der Waals surface area contributed by atoms with E-state index in [1.54, 1.807) is 0 Å². The monoisotopic (exact) mass is 243 g/mol. The summed E-state index contributed by atoms with van der Waals surface area (Å²) >= 11 is 0. The smallest absolute Gasteiger partial charge is 0.303 e. The fourth-order valence-corrected chi connectivity index (χ4v) is 1.45. The molecule has 0 saturated heterocycles. The van der Waals surface area contributed by atoms with E-state index in [9.17, 15) is 14.3 Å². The van der Waals surface area contributed by atoms with Gasteiger partial charge in [-0.05, 0) is 12.5 Å². The van der Waals surface area contributed by atoms with E-state index in [-0.39, 0.29) is 29.9 Å². The van der Waals surface area contributed by atoms with E-state index < -0.39 is 17.8 Å². The maximum absolute atomic E-state index is 13.4. The molecule has 1 unspecified atom stereocenters. The lowest BCUT2D eigenvalue weighted by Gasteiger charge is -2.14. The minimum absolute atomic E-state index is 0.0864. The molecule has 0 bridgehead atoms. The first-order chi connectivity index (χ1) is 7.95. The summed E-state index contributed by atoms with van der Waals surface area (Å²) in [5.41, 5.74) is 5.84. The van der Waals surface area contributed by atoms with Gasteiger partial charge in [-0.2, -0.15) is 0 Å². The SMILES string of the molecule is COc1cc(O)c(C(N)CCC(=O)O)cc1F. The molecule has 0 heterocycles. The number of halogens is 1. The number of hydrogen-bond donors (Lipinski definition) is 3. The van der Waals surface area contributed by atoms with Gasteiger partial charge in [0.2, 0.25) is 0 Å². The van der Waals surface area contributed by atoms with E-state index in [0.717, 1.165) is 12.1 Å². The zero-order chi connectivity index (χ0) is 13.0. The van der Waals surface area contributed by atoms with Crippen molar-refractivity contribution in [2.45, 2.75) is 18.9 Å². The number of nitrogens with two attached hydrogens (primary N) is 1. The molecule has 1 atom stereocenters. The van der Waals surface area contributed by atoms with Crippen molar-refractivity contribution in [3.8, 4) is 11.5 Å². The minimum Gasteiger partial charge on any atom is -0.507 e. The van der Waals surface area contributed by atoms with Crippen LogP contribution in [0.1, 0.15) is 24.4 Å². The van der Waals surface area contributed by atoms with E-state index in [0.29, 0.717) is 0 Å². The lowest BCUT2D eigenvalue weighted by atomic mass is 10.0. The highest BCUT2D eigenvalue weighted by molar-refractivity contribution is 5.66. The highest BCUT2D eigenvalue weighted by Gasteiger charge is 2.16. The van der Waals surface area contributed by atoms with Crippen molar-refractivity contribution in [3.63, 3.8) is 0 Å². The molecule has 1 aromatic carbocycles. The third-order valence-corrected chi connectivity index (χ3v) is 2.37. The second-order valence-electron chi connectivity index (χ2n) is 3.58. The first-order valence-electron chi connectivity index (χ1n) is 4.99. The van der Waals surface area contributed by atoms with Crippen LogP contribution in [-0.4, -0.2) is 23.3 Å². The fraction of sp³-hybridized carbons (Fsp3) is 0.364. The van der Waals surface area contributed by atoms with Crippen molar-refractivity contribution in [1.29, 1.82) is 0 Å². The summed E-state index contributed by atoms with van der Waals surface area (Å²) in [4.78, 5) is 10.4. The van der Waals surface area contributed by atoms with Gasteiger partial charge in [0.05, 0.1) is 7.11 Å². The standard InChI is InChI=1S/C11H14FNO4/c1-17-10-5-9(14)6(4-7(10)12)8(13)2-3-11(15)16/h4-5,8,14H,2-3,13H2,1H3,(H,15,16). The van der Waals surface area contributed by atoms with Gasteiger partial charge < -0.3 is 20.7 Å². The average molecular weight is 243 g/mol. The molecule has 6 heteroatoms. The predicted octanol–water partition coefficient (Wildman–Crippen LogP) is 1.40. The van der Waals surface area contributed by atoms with Crippen LogP contribution in [-0.2, 0) is 4.79 Å². The van der Waals surface area contributed by atoms with Crippen LogP contribution in [0.25, 0.3) is 0 Å². The number of carboxylic acids is 1. The van der Waals surface area contributed by atoms with Gasteiger partial charge in [0, 0.05) is 24.1 Å². The van der Waals surface area contributed by atoms with Crippen LogP contribution in [0.15, 0.2) is 12.1 Å². The van der Waals surface area contributed by atoms with Crippen molar-refractivity contribution in [2.75, 3.05) is 7.11 Å². The Kier molecular flexibility index (Phi) is 4.28. The lowest BCUT2D eigenvalue weighted by molar-refractivity contribution is -0.137. The quantitative estimate of drug-likeness (QED) is 0.727. The first kappa shape index (κ1) is 13.2. The number of ether oxygens (including phenoxy) is 1. The van der Waals surface area contributed by atoms with Gasteiger partial charge in [0.1, 0.15) is 5.75 Å². The Hall–Kier alpha value is -1.82. The number of aliphatic carboxylic acids is 1. The van der Waals surface area contributed by atoms with E-state index >= 15 is 0 Å². The van der Waals surface area contributed by atoms with Crippen LogP contribution < -0.4 is 10.5 Å². The number of aromatic hydroxyl groups is 1. The van der Waals surface area contributed by atoms with Gasteiger partial charge in [0.25, 0.3) is 0 Å². The Morgan fingerprint density at radius 3 is 2.76 bits per heavy atom. The summed E-state index contributed by atoms with van der Waals surface area (Å²) in [7, 11) is 1.28. The Morgan fingerprint density at radius 2 is 2.24 bits per heavy atom. The second kappa shape index (κ2) is 5.49. The summed E-state index contributed by atoms with van der Waals surface area (Å²) < 4.78 is 18.1. The molecule has 0 amide bonds. The van der Waals surface area contributed by atoms with Crippen LogP contribution in [0.5, 0.6) is 11.5 Å². The van der Waals surface area contributed by atoms with Crippen molar-refractivity contribution < 1.29 is 24.1 Å². The second-order valence-corrected chi connectivity index (χ2v) is 3.58. The van der Waals surface area contributed by atoms with Gasteiger partial charge in [-0.25, -0.2) is 4.39 Å². The first-order valence-corrected chi connectivity index (χ1v) is 4.99. The summed E-state index contributed by atoms with van der Waals surface area (Å²) in [5, 5.41) is 18.1. The molecule has 0 radical (unpaired) electrons. The van der Waals surface area contributed by atoms with Gasteiger partial charge in [-0.3, -0.25) is 4.79 Å². The van der Waals surface area contributed by atoms with Crippen LogP contribution in [0.4, 0.5) is 4.39 Å². The van der Waals surface area contributed by atoms with Crippen LogP contribution >= 0.6 is 0 Å². The maximum atomic E-state index is 13.4. The Labute approximate surface area is 97.6 Å². The number of hydrogen-bond acceptors (Lipinski definition) is 4. The number of methoxy groups -OCH3 is 1. The van der Waals surface area contributed by atoms with Crippen molar-refractivity contribution in [2.24, 2.45) is 5.73 Å². The molecule has 1 aromatic rings. The van der Waals surface area contributed by atoms with Gasteiger partial charge in [-0.1, -0.05) is 0 Å². The fourth-order valence-electron chi connectivity index (χ4n) is 1.45. The molecule has 0 aliphatic carbocycles. The number of carbonyl (C=O) groups is 1. The maximum Gasteiger partial charge on any atom is 0.303 e. The third-order valence-electron chi connectivity index (χ3n) is 2.37. The minimum atomic E-state index is -0.992. The normalized spacial score (nSPS) is 12.2. The number of phenolic OH excluding ortho intramolecular Hbond substituents is 1. The van der Waals surface area contributed by atoms with Crippen LogP contribution in [0, 0.1) is 5.82 Å². The van der Waals surface area contributed by atoms with Crippen molar-refractivity contribution in [1.82, 2.24) is 0 Å². The highest BCUT2D eigenvalue weighted by Crippen LogP contribution is 2.31. The number of benzene rings is 1. The molecule has 5 nitrogen and oxygen atoms in total. The van der Waals surface area contributed by atoms with Crippen LogP contribution in [0.3, 0.4) is 0 Å². The molecule has 0 spiro atoms. The van der Waals surface area contributed by atoms with Gasteiger partial charge in [-0.15, -0.1) is 0 Å². The average Bonchev–Trinajstić information content (AvgIpc) is 2.28. The Morgan fingerprint density at radius 1 is 1.59 bits per heavy atom. The summed E-state index contributed by atoms with van der Waals surface area (Å²) in [6, 6.07) is 1.44. The Bertz CT molecular complexity index is 422. The van der Waals surface area contributed by atoms with E-state index in [2.05, 4.69) is 4.74 Å². The molecule has 0 aromatic heterocycles. The van der Waals surface area contributed by atoms with E-state index in [1.165, 1.54) is 7.11 Å². The third kappa shape index (κ3) is 3.32. The Balaban J connectivity index is 2.90. The number of rotatable bonds is 5. The molecule has 94 valence electrons. The largest absolute Gasteiger partial charge is 0.507 e. The molecular weight excluding hydrogens is 229 g/mol. The topological polar surface area (TPSA) is 92.8 Å². The van der Waals surface area contributed by atoms with Crippen molar-refractivity contribution in [3.05, 3.63) is 23.5 Å². The molecule has 0 fully saturated rings. The lowest BCUT2D eigenvalue weighted by Crippen LogP contribution is -2.13. The predicted molar refractivity (Wildman–Crippen MR) is 58.4 cm³/mol. The number of carboxylic acid groups (broad SMARTS) is 1. The zero-order valence-corrected chi connectivity index (χ0v) is 9.31. The molecule has 1 rings (SSSR count). The molecule has 17 heavy (non-hydrogen) atoms. The number of phenols is 1. The van der Waals surface area contributed by atoms with Crippen LogP contribution in [0.2, 0.25) is 0 Å². The highest BCUT2D eigenvalue weighted by atomic mass is 19.1. The summed E-state index contributed by atoms with van der Waals surface area (Å²) in [5.74, 6) is -1.93. The van der Waals surface area contributed by atoms with Gasteiger partial charge >= 0.3 is 5.97 Å². The molecule has 0 aliphatic heterocycles. The summed E-state index contributed by atoms with van der Waals surface area (Å²) in [6.45, 7) is 0. The molecule has 0 saturated carbocycles. The molecule has 4 N–H and O–H groups in total. The molecular formula is C11H14FNO4.